The Bertz CT molecular complexity index is 935. The molecule has 3 rings (SSSR count). The maximum absolute atomic E-state index is 12.4. The molecular formula is C20H27N3O5S. The Kier molecular flexibility index (Phi) is 6.61. The standard InChI is InChI=1S/C20H27N3O5S/c1-22(2)18-9-8-16(21-20(24)19-7-5-11-28-19)12-15(18)13-23(29(3,25)26)14-17-6-4-10-27-17/h5,7-9,11-12,17H,4,6,10,13-14H2,1-3H3,(H,21,24)/t17-/m1/s1. The van der Waals surface area contributed by atoms with E-state index < -0.39 is 10.0 Å². The maximum atomic E-state index is 12.4. The van der Waals surface area contributed by atoms with Gasteiger partial charge in [0, 0.05) is 45.2 Å². The first-order valence-corrected chi connectivity index (χ1v) is 11.3. The zero-order valence-electron chi connectivity index (χ0n) is 16.9. The molecule has 158 valence electrons. The molecule has 1 amide bonds. The van der Waals surface area contributed by atoms with E-state index in [1.807, 2.05) is 25.1 Å². The number of rotatable bonds is 8. The molecule has 1 N–H and O–H groups in total. The van der Waals surface area contributed by atoms with Gasteiger partial charge in [0.25, 0.3) is 5.91 Å². The van der Waals surface area contributed by atoms with Gasteiger partial charge < -0.3 is 19.4 Å². The largest absolute Gasteiger partial charge is 0.459 e. The van der Waals surface area contributed by atoms with Gasteiger partial charge in [-0.3, -0.25) is 4.79 Å². The first-order chi connectivity index (χ1) is 13.7. The second kappa shape index (κ2) is 8.98. The third-order valence-corrected chi connectivity index (χ3v) is 6.03. The quantitative estimate of drug-likeness (QED) is 0.704. The fourth-order valence-electron chi connectivity index (χ4n) is 3.35. The van der Waals surface area contributed by atoms with Gasteiger partial charge in [-0.05, 0) is 48.7 Å². The van der Waals surface area contributed by atoms with Crippen LogP contribution in [0.4, 0.5) is 11.4 Å². The molecule has 1 fully saturated rings. The summed E-state index contributed by atoms with van der Waals surface area (Å²) in [5.41, 5.74) is 2.23. The minimum absolute atomic E-state index is 0.0885. The van der Waals surface area contributed by atoms with E-state index in [9.17, 15) is 13.2 Å². The van der Waals surface area contributed by atoms with Crippen LogP contribution in [0, 0.1) is 0 Å². The van der Waals surface area contributed by atoms with Gasteiger partial charge in [-0.1, -0.05) is 0 Å². The fraction of sp³-hybridized carbons (Fsp3) is 0.450. The Labute approximate surface area is 171 Å². The molecule has 0 radical (unpaired) electrons. The molecule has 0 aliphatic carbocycles. The van der Waals surface area contributed by atoms with Crippen molar-refractivity contribution in [3.05, 3.63) is 47.9 Å². The van der Waals surface area contributed by atoms with Crippen LogP contribution < -0.4 is 10.2 Å². The Hall–Kier alpha value is -2.36. The van der Waals surface area contributed by atoms with E-state index in [0.717, 1.165) is 24.1 Å². The molecule has 9 heteroatoms. The van der Waals surface area contributed by atoms with Gasteiger partial charge in [0.2, 0.25) is 10.0 Å². The van der Waals surface area contributed by atoms with Crippen LogP contribution in [-0.2, 0) is 21.3 Å². The molecule has 1 aliphatic rings. The van der Waals surface area contributed by atoms with Gasteiger partial charge in [-0.2, -0.15) is 4.31 Å². The smallest absolute Gasteiger partial charge is 0.291 e. The number of carbonyl (C=O) groups excluding carboxylic acids is 1. The number of hydrogen-bond acceptors (Lipinski definition) is 6. The third-order valence-electron chi connectivity index (χ3n) is 4.81. The summed E-state index contributed by atoms with van der Waals surface area (Å²) < 4.78 is 37.0. The molecule has 0 saturated carbocycles. The summed E-state index contributed by atoms with van der Waals surface area (Å²) in [7, 11) is 0.355. The van der Waals surface area contributed by atoms with E-state index in [2.05, 4.69) is 5.32 Å². The van der Waals surface area contributed by atoms with Crippen molar-refractivity contribution in [3.8, 4) is 0 Å². The molecule has 2 aromatic rings. The summed E-state index contributed by atoms with van der Waals surface area (Å²) in [6, 6.07) is 8.66. The van der Waals surface area contributed by atoms with Gasteiger partial charge in [0.05, 0.1) is 18.6 Å². The number of sulfonamides is 1. The molecule has 1 aromatic heterocycles. The van der Waals surface area contributed by atoms with Crippen LogP contribution in [0.25, 0.3) is 0 Å². The van der Waals surface area contributed by atoms with Crippen LogP contribution in [-0.4, -0.2) is 58.2 Å². The monoisotopic (exact) mass is 421 g/mol. The summed E-state index contributed by atoms with van der Waals surface area (Å²) in [6.07, 6.45) is 4.35. The minimum atomic E-state index is -3.43. The van der Waals surface area contributed by atoms with Gasteiger partial charge in [-0.25, -0.2) is 8.42 Å². The van der Waals surface area contributed by atoms with Crippen molar-refractivity contribution in [1.29, 1.82) is 0 Å². The molecule has 8 nitrogen and oxygen atoms in total. The van der Waals surface area contributed by atoms with E-state index in [1.165, 1.54) is 16.8 Å². The number of nitrogens with one attached hydrogen (secondary N) is 1. The Morgan fingerprint density at radius 1 is 1.28 bits per heavy atom. The summed E-state index contributed by atoms with van der Waals surface area (Å²) >= 11 is 0. The molecule has 29 heavy (non-hydrogen) atoms. The van der Waals surface area contributed by atoms with Crippen LogP contribution in [0.5, 0.6) is 0 Å². The number of carbonyl (C=O) groups is 1. The van der Waals surface area contributed by atoms with Crippen molar-refractivity contribution < 1.29 is 22.4 Å². The summed E-state index contributed by atoms with van der Waals surface area (Å²) in [6.45, 7) is 1.17. The van der Waals surface area contributed by atoms with Gasteiger partial charge in [-0.15, -0.1) is 0 Å². The summed E-state index contributed by atoms with van der Waals surface area (Å²) in [5.74, 6) is -0.155. The van der Waals surface area contributed by atoms with Crippen LogP contribution in [0.2, 0.25) is 0 Å². The Balaban J connectivity index is 1.85. The molecule has 1 aromatic carbocycles. The SMILES string of the molecule is CN(C)c1ccc(NC(=O)c2ccco2)cc1CN(C[C@H]1CCCO1)S(C)(=O)=O. The lowest BCUT2D eigenvalue weighted by Crippen LogP contribution is -2.36. The second-order valence-electron chi connectivity index (χ2n) is 7.36. The first kappa shape index (κ1) is 21.4. The number of benzene rings is 1. The minimum Gasteiger partial charge on any atom is -0.459 e. The summed E-state index contributed by atoms with van der Waals surface area (Å²) in [4.78, 5) is 14.2. The zero-order chi connectivity index (χ0) is 21.0. The summed E-state index contributed by atoms with van der Waals surface area (Å²) in [5, 5.41) is 2.79. The van der Waals surface area contributed by atoms with Crippen LogP contribution in [0.15, 0.2) is 41.0 Å². The number of furan rings is 1. The second-order valence-corrected chi connectivity index (χ2v) is 9.34. The van der Waals surface area contributed by atoms with Crippen LogP contribution >= 0.6 is 0 Å². The molecule has 1 saturated heterocycles. The van der Waals surface area contributed by atoms with Gasteiger partial charge in [0.15, 0.2) is 5.76 Å². The van der Waals surface area contributed by atoms with E-state index in [1.54, 1.807) is 24.3 Å². The van der Waals surface area contributed by atoms with Gasteiger partial charge in [0.1, 0.15) is 0 Å². The third kappa shape index (κ3) is 5.59. The predicted molar refractivity (Wildman–Crippen MR) is 112 cm³/mol. The highest BCUT2D eigenvalue weighted by atomic mass is 32.2. The maximum Gasteiger partial charge on any atom is 0.291 e. The number of ether oxygens (including phenoxy) is 1. The Morgan fingerprint density at radius 3 is 2.66 bits per heavy atom. The van der Waals surface area contributed by atoms with E-state index in [4.69, 9.17) is 9.15 Å². The molecule has 0 bridgehead atoms. The number of anilines is 2. The number of nitrogens with zero attached hydrogens (tertiary/aromatic N) is 2. The average Bonchev–Trinajstić information content (AvgIpc) is 3.34. The topological polar surface area (TPSA) is 92.1 Å². The van der Waals surface area contributed by atoms with Crippen LogP contribution in [0.1, 0.15) is 29.0 Å². The number of amides is 1. The van der Waals surface area contributed by atoms with Crippen LogP contribution in [0.3, 0.4) is 0 Å². The highest BCUT2D eigenvalue weighted by Crippen LogP contribution is 2.26. The van der Waals surface area contributed by atoms with Crippen molar-refractivity contribution in [1.82, 2.24) is 4.31 Å². The van der Waals surface area contributed by atoms with Crippen molar-refractivity contribution in [2.24, 2.45) is 0 Å². The highest BCUT2D eigenvalue weighted by molar-refractivity contribution is 7.88. The van der Waals surface area contributed by atoms with Crippen molar-refractivity contribution >= 4 is 27.3 Å². The lowest BCUT2D eigenvalue weighted by Gasteiger charge is -2.26. The Morgan fingerprint density at radius 2 is 2.07 bits per heavy atom. The van der Waals surface area contributed by atoms with Crippen molar-refractivity contribution in [2.75, 3.05) is 43.7 Å². The predicted octanol–water partition coefficient (Wildman–Crippen LogP) is 2.54. The van der Waals surface area contributed by atoms with Crippen molar-refractivity contribution in [2.45, 2.75) is 25.5 Å². The van der Waals surface area contributed by atoms with E-state index >= 15 is 0 Å². The number of hydrogen-bond donors (Lipinski definition) is 1. The average molecular weight is 422 g/mol. The van der Waals surface area contributed by atoms with Crippen molar-refractivity contribution in [3.63, 3.8) is 0 Å². The molecular weight excluding hydrogens is 394 g/mol. The highest BCUT2D eigenvalue weighted by Gasteiger charge is 2.26. The zero-order valence-corrected chi connectivity index (χ0v) is 17.7. The normalized spacial score (nSPS) is 16.9. The van der Waals surface area contributed by atoms with Gasteiger partial charge >= 0.3 is 0 Å². The fourth-order valence-corrected chi connectivity index (χ4v) is 4.16. The lowest BCUT2D eigenvalue weighted by atomic mass is 10.1. The first-order valence-electron chi connectivity index (χ1n) is 9.46. The van der Waals surface area contributed by atoms with E-state index in [-0.39, 0.29) is 24.3 Å². The molecule has 0 spiro atoms. The van der Waals surface area contributed by atoms with E-state index in [0.29, 0.717) is 18.8 Å². The lowest BCUT2D eigenvalue weighted by molar-refractivity contribution is 0.0928. The molecule has 1 aliphatic heterocycles. The molecule has 0 unspecified atom stereocenters. The molecule has 1 atom stereocenters. The molecule has 2 heterocycles.